The lowest BCUT2D eigenvalue weighted by Gasteiger charge is -2.17. The van der Waals surface area contributed by atoms with Crippen LogP contribution in [0.4, 0.5) is 10.5 Å². The van der Waals surface area contributed by atoms with Crippen LogP contribution in [0.5, 0.6) is 5.75 Å². The summed E-state index contributed by atoms with van der Waals surface area (Å²) in [6.45, 7) is 0. The lowest BCUT2D eigenvalue weighted by Crippen LogP contribution is -2.29. The zero-order valence-corrected chi connectivity index (χ0v) is 11.4. The second-order valence-corrected chi connectivity index (χ2v) is 4.27. The van der Waals surface area contributed by atoms with Crippen molar-refractivity contribution in [1.29, 1.82) is 0 Å². The van der Waals surface area contributed by atoms with Crippen LogP contribution in [0.2, 0.25) is 0 Å². The molecule has 2 aromatic carbocycles. The number of ether oxygens (including phenoxy) is 1. The summed E-state index contributed by atoms with van der Waals surface area (Å²) < 4.78 is 5.23. The summed E-state index contributed by atoms with van der Waals surface area (Å²) in [5.41, 5.74) is 6.67. The molecule has 0 aromatic heterocycles. The highest BCUT2D eigenvalue weighted by molar-refractivity contribution is 5.97. The Morgan fingerprint density at radius 1 is 1.14 bits per heavy atom. The number of hydrogen-bond donors (Lipinski definition) is 2. The molecule has 2 aromatic rings. The van der Waals surface area contributed by atoms with Crippen LogP contribution >= 0.6 is 0 Å². The molecule has 0 atom stereocenters. The lowest BCUT2D eigenvalue weighted by atomic mass is 10.2. The third kappa shape index (κ3) is 3.50. The summed E-state index contributed by atoms with van der Waals surface area (Å²) in [6.07, 6.45) is -0.502. The Morgan fingerprint density at radius 2 is 1.76 bits per heavy atom. The van der Waals surface area contributed by atoms with Crippen molar-refractivity contribution in [1.82, 2.24) is 0 Å². The minimum absolute atomic E-state index is 0.0102. The highest BCUT2D eigenvalue weighted by Crippen LogP contribution is 2.16. The van der Waals surface area contributed by atoms with E-state index in [1.54, 1.807) is 55.6 Å². The first-order valence-corrected chi connectivity index (χ1v) is 6.20. The molecule has 108 valence electrons. The molecular weight excluding hydrogens is 270 g/mol. The van der Waals surface area contributed by atoms with E-state index in [9.17, 15) is 4.79 Å². The molecule has 0 aliphatic heterocycles. The van der Waals surface area contributed by atoms with Crippen molar-refractivity contribution < 1.29 is 14.7 Å². The van der Waals surface area contributed by atoms with Crippen molar-refractivity contribution in [3.63, 3.8) is 0 Å². The van der Waals surface area contributed by atoms with Gasteiger partial charge in [-0.05, 0) is 36.4 Å². The number of anilines is 1. The molecule has 0 aliphatic rings. The van der Waals surface area contributed by atoms with Crippen LogP contribution < -0.4 is 15.4 Å². The van der Waals surface area contributed by atoms with Crippen molar-refractivity contribution in [3.8, 4) is 5.75 Å². The van der Waals surface area contributed by atoms with Crippen molar-refractivity contribution in [2.24, 2.45) is 10.9 Å². The van der Waals surface area contributed by atoms with Gasteiger partial charge in [0.25, 0.3) is 0 Å². The fourth-order valence-electron chi connectivity index (χ4n) is 1.68. The van der Waals surface area contributed by atoms with E-state index in [1.807, 2.05) is 6.07 Å². The number of nitrogens with two attached hydrogens (primary N) is 1. The second-order valence-electron chi connectivity index (χ2n) is 4.27. The topological polar surface area (TPSA) is 88.2 Å². The van der Waals surface area contributed by atoms with Crippen molar-refractivity contribution in [3.05, 3.63) is 60.2 Å². The normalized spacial score (nSPS) is 11.0. The Kier molecular flexibility index (Phi) is 4.40. The molecule has 0 saturated carbocycles. The van der Waals surface area contributed by atoms with E-state index in [2.05, 4.69) is 5.16 Å². The smallest absolute Gasteiger partial charge is 0.410 e. The molecule has 6 heteroatoms. The SMILES string of the molecule is CN(C(=O)Oc1ccccc1)c1ccc(C(N)=NO)cc1. The molecule has 0 spiro atoms. The number of amides is 1. The average Bonchev–Trinajstić information content (AvgIpc) is 2.54. The molecule has 0 unspecified atom stereocenters. The van der Waals surface area contributed by atoms with Gasteiger partial charge >= 0.3 is 6.09 Å². The third-order valence-corrected chi connectivity index (χ3v) is 2.88. The quantitative estimate of drug-likeness (QED) is 0.392. The third-order valence-electron chi connectivity index (χ3n) is 2.88. The van der Waals surface area contributed by atoms with E-state index in [0.29, 0.717) is 17.0 Å². The van der Waals surface area contributed by atoms with Crippen molar-refractivity contribution in [2.75, 3.05) is 11.9 Å². The van der Waals surface area contributed by atoms with Crippen LogP contribution in [0.25, 0.3) is 0 Å². The Labute approximate surface area is 122 Å². The maximum Gasteiger partial charge on any atom is 0.419 e. The van der Waals surface area contributed by atoms with E-state index in [-0.39, 0.29) is 5.84 Å². The predicted octanol–water partition coefficient (Wildman–Crippen LogP) is 2.42. The number of carbonyl (C=O) groups excluding carboxylic acids is 1. The maximum atomic E-state index is 12.0. The molecule has 3 N–H and O–H groups in total. The predicted molar refractivity (Wildman–Crippen MR) is 79.8 cm³/mol. The Hall–Kier alpha value is -3.02. The summed E-state index contributed by atoms with van der Waals surface area (Å²) in [4.78, 5) is 13.4. The molecule has 2 rings (SSSR count). The molecule has 0 saturated heterocycles. The molecule has 1 amide bonds. The summed E-state index contributed by atoms with van der Waals surface area (Å²) in [5.74, 6) is 0.485. The number of oxime groups is 1. The van der Waals surface area contributed by atoms with Gasteiger partial charge in [-0.2, -0.15) is 0 Å². The monoisotopic (exact) mass is 285 g/mol. The minimum atomic E-state index is -0.502. The molecule has 0 aliphatic carbocycles. The molecule has 6 nitrogen and oxygen atoms in total. The number of carbonyl (C=O) groups is 1. The van der Waals surface area contributed by atoms with E-state index in [0.717, 1.165) is 0 Å². The fraction of sp³-hybridized carbons (Fsp3) is 0.0667. The lowest BCUT2D eigenvalue weighted by molar-refractivity contribution is 0.209. The van der Waals surface area contributed by atoms with Crippen LogP contribution in [-0.2, 0) is 0 Å². The number of hydrogen-bond acceptors (Lipinski definition) is 4. The maximum absolute atomic E-state index is 12.0. The number of benzene rings is 2. The minimum Gasteiger partial charge on any atom is -0.410 e. The second kappa shape index (κ2) is 6.42. The van der Waals surface area contributed by atoms with Gasteiger partial charge in [-0.3, -0.25) is 4.90 Å². The highest BCUT2D eigenvalue weighted by atomic mass is 16.6. The van der Waals surface area contributed by atoms with E-state index >= 15 is 0 Å². The molecular formula is C15H15N3O3. The van der Waals surface area contributed by atoms with Crippen molar-refractivity contribution in [2.45, 2.75) is 0 Å². The zero-order valence-electron chi connectivity index (χ0n) is 11.4. The van der Waals surface area contributed by atoms with Gasteiger partial charge in [-0.15, -0.1) is 0 Å². The van der Waals surface area contributed by atoms with Gasteiger partial charge in [0.1, 0.15) is 5.75 Å². The van der Waals surface area contributed by atoms with E-state index in [4.69, 9.17) is 15.7 Å². The van der Waals surface area contributed by atoms with Gasteiger partial charge < -0.3 is 15.7 Å². The molecule has 0 heterocycles. The number of amidine groups is 1. The highest BCUT2D eigenvalue weighted by Gasteiger charge is 2.13. The zero-order chi connectivity index (χ0) is 15.2. The summed E-state index contributed by atoms with van der Waals surface area (Å²) in [6, 6.07) is 15.5. The van der Waals surface area contributed by atoms with Crippen LogP contribution in [0, 0.1) is 0 Å². The van der Waals surface area contributed by atoms with Crippen molar-refractivity contribution >= 4 is 17.6 Å². The van der Waals surface area contributed by atoms with Crippen LogP contribution in [-0.4, -0.2) is 24.2 Å². The number of nitrogens with zero attached hydrogens (tertiary/aromatic N) is 2. The van der Waals surface area contributed by atoms with Crippen LogP contribution in [0.1, 0.15) is 5.56 Å². The Morgan fingerprint density at radius 3 is 2.33 bits per heavy atom. The van der Waals surface area contributed by atoms with Gasteiger partial charge in [0.05, 0.1) is 0 Å². The Bertz CT molecular complexity index is 639. The number of rotatable bonds is 3. The standard InChI is InChI=1S/C15H15N3O3/c1-18(15(19)21-13-5-3-2-4-6-13)12-9-7-11(8-10-12)14(16)17-20/h2-10,20H,1H3,(H2,16,17). The van der Waals surface area contributed by atoms with Gasteiger partial charge in [0.15, 0.2) is 5.84 Å². The first kappa shape index (κ1) is 14.4. The average molecular weight is 285 g/mol. The fourth-order valence-corrected chi connectivity index (χ4v) is 1.68. The van der Waals surface area contributed by atoms with Gasteiger partial charge in [0, 0.05) is 18.3 Å². The number of para-hydroxylation sites is 1. The largest absolute Gasteiger partial charge is 0.419 e. The summed E-state index contributed by atoms with van der Waals surface area (Å²) >= 11 is 0. The first-order valence-electron chi connectivity index (χ1n) is 6.20. The molecule has 21 heavy (non-hydrogen) atoms. The van der Waals surface area contributed by atoms with Gasteiger partial charge in [-0.25, -0.2) is 4.79 Å². The molecule has 0 fully saturated rings. The van der Waals surface area contributed by atoms with Crippen LogP contribution in [0.15, 0.2) is 59.8 Å². The first-order chi connectivity index (χ1) is 10.1. The summed E-state index contributed by atoms with van der Waals surface area (Å²) in [7, 11) is 1.60. The molecule has 0 radical (unpaired) electrons. The van der Waals surface area contributed by atoms with E-state index < -0.39 is 6.09 Å². The van der Waals surface area contributed by atoms with Gasteiger partial charge in [0.2, 0.25) is 0 Å². The van der Waals surface area contributed by atoms with E-state index in [1.165, 1.54) is 4.90 Å². The van der Waals surface area contributed by atoms with Gasteiger partial charge in [-0.1, -0.05) is 23.4 Å². The Balaban J connectivity index is 2.09. The van der Waals surface area contributed by atoms with Crippen LogP contribution in [0.3, 0.4) is 0 Å². The summed E-state index contributed by atoms with van der Waals surface area (Å²) in [5, 5.41) is 11.5. The molecule has 0 bridgehead atoms.